The molecule has 84 valence electrons. The molecule has 0 aromatic carbocycles. The van der Waals surface area contributed by atoms with Crippen LogP contribution in [0.15, 0.2) is 0 Å². The third-order valence-corrected chi connectivity index (χ3v) is 3.39. The molecule has 0 atom stereocenters. The molecule has 0 heterocycles. The molecule has 0 amide bonds. The number of nitrogens with two attached hydrogens (primary N) is 1. The van der Waals surface area contributed by atoms with Gasteiger partial charge in [0.1, 0.15) is 0 Å². The van der Waals surface area contributed by atoms with Gasteiger partial charge in [-0.15, -0.1) is 0 Å². The molecule has 0 spiro atoms. The second-order valence-corrected chi connectivity index (χ2v) is 5.72. The monoisotopic (exact) mass is 198 g/mol. The summed E-state index contributed by atoms with van der Waals surface area (Å²) in [6.07, 6.45) is 5.57. The summed E-state index contributed by atoms with van der Waals surface area (Å²) in [5.74, 6) is 0. The number of hydrogen-bond donors (Lipinski definition) is 2. The van der Waals surface area contributed by atoms with Crippen LogP contribution in [0.25, 0.3) is 0 Å². The normalized spacial score (nSPS) is 19.7. The Morgan fingerprint density at radius 3 is 2.43 bits per heavy atom. The molecule has 0 saturated heterocycles. The summed E-state index contributed by atoms with van der Waals surface area (Å²) in [4.78, 5) is 0. The van der Waals surface area contributed by atoms with Gasteiger partial charge in [0.15, 0.2) is 0 Å². The number of hydrogen-bond acceptors (Lipinski definition) is 2. The van der Waals surface area contributed by atoms with Gasteiger partial charge in [-0.3, -0.25) is 0 Å². The zero-order chi connectivity index (χ0) is 10.7. The minimum atomic E-state index is 0.252. The van der Waals surface area contributed by atoms with E-state index in [0.717, 1.165) is 13.1 Å². The molecule has 1 aliphatic carbocycles. The van der Waals surface area contributed by atoms with Gasteiger partial charge < -0.3 is 11.1 Å². The summed E-state index contributed by atoms with van der Waals surface area (Å²) in [7, 11) is 0. The van der Waals surface area contributed by atoms with Gasteiger partial charge in [-0.25, -0.2) is 0 Å². The molecule has 2 heteroatoms. The fraction of sp³-hybridized carbons (Fsp3) is 1.00. The Kier molecular flexibility index (Phi) is 3.96. The minimum absolute atomic E-state index is 0.252. The molecule has 0 aromatic heterocycles. The van der Waals surface area contributed by atoms with Crippen LogP contribution < -0.4 is 11.1 Å². The van der Waals surface area contributed by atoms with Crippen LogP contribution in [0.5, 0.6) is 0 Å². The first-order valence-corrected chi connectivity index (χ1v) is 5.94. The smallest absolute Gasteiger partial charge is 0.00148 e. The highest BCUT2D eigenvalue weighted by Gasteiger charge is 2.40. The van der Waals surface area contributed by atoms with E-state index in [1.807, 2.05) is 0 Å². The van der Waals surface area contributed by atoms with Crippen molar-refractivity contribution in [3.05, 3.63) is 0 Å². The summed E-state index contributed by atoms with van der Waals surface area (Å²) in [6, 6.07) is 0. The Morgan fingerprint density at radius 1 is 1.36 bits per heavy atom. The van der Waals surface area contributed by atoms with Crippen LogP contribution >= 0.6 is 0 Å². The highest BCUT2D eigenvalue weighted by Crippen LogP contribution is 2.48. The van der Waals surface area contributed by atoms with Crippen LogP contribution in [0.2, 0.25) is 0 Å². The molecule has 1 saturated carbocycles. The summed E-state index contributed by atoms with van der Waals surface area (Å²) < 4.78 is 0. The van der Waals surface area contributed by atoms with E-state index in [1.165, 1.54) is 32.2 Å². The van der Waals surface area contributed by atoms with Crippen molar-refractivity contribution in [1.29, 1.82) is 0 Å². The molecule has 2 nitrogen and oxygen atoms in total. The summed E-state index contributed by atoms with van der Waals surface area (Å²) in [5, 5.41) is 3.58. The van der Waals surface area contributed by atoms with Crippen LogP contribution in [0, 0.1) is 10.8 Å². The summed E-state index contributed by atoms with van der Waals surface area (Å²) in [5.41, 5.74) is 6.61. The average Bonchev–Trinajstić information content (AvgIpc) is 2.86. The first-order valence-electron chi connectivity index (χ1n) is 5.94. The molecule has 0 aliphatic heterocycles. The molecule has 0 radical (unpaired) electrons. The molecule has 1 aliphatic rings. The van der Waals surface area contributed by atoms with Crippen LogP contribution in [0.3, 0.4) is 0 Å². The number of rotatable bonds is 7. The summed E-state index contributed by atoms with van der Waals surface area (Å²) >= 11 is 0. The van der Waals surface area contributed by atoms with Crippen molar-refractivity contribution in [3.63, 3.8) is 0 Å². The molecule has 0 aromatic rings. The molecule has 14 heavy (non-hydrogen) atoms. The molecule has 3 N–H and O–H groups in total. The Bertz CT molecular complexity index is 171. The SMILES string of the molecule is CCCC1(CNCC(C)(C)CN)CC1. The van der Waals surface area contributed by atoms with Crippen molar-refractivity contribution in [1.82, 2.24) is 5.32 Å². The van der Waals surface area contributed by atoms with E-state index < -0.39 is 0 Å². The standard InChI is InChI=1S/C12H26N2/c1-4-5-12(6-7-12)10-14-9-11(2,3)8-13/h14H,4-10,13H2,1-3H3. The zero-order valence-electron chi connectivity index (χ0n) is 10.0. The Labute approximate surface area is 88.6 Å². The van der Waals surface area contributed by atoms with E-state index in [0.29, 0.717) is 5.41 Å². The van der Waals surface area contributed by atoms with E-state index in [1.54, 1.807) is 0 Å². The number of nitrogens with one attached hydrogen (secondary N) is 1. The highest BCUT2D eigenvalue weighted by molar-refractivity contribution is 4.94. The Morgan fingerprint density at radius 2 is 2.00 bits per heavy atom. The minimum Gasteiger partial charge on any atom is -0.330 e. The van der Waals surface area contributed by atoms with Crippen LogP contribution in [0.4, 0.5) is 0 Å². The second-order valence-electron chi connectivity index (χ2n) is 5.72. The van der Waals surface area contributed by atoms with Crippen LogP contribution in [-0.2, 0) is 0 Å². The van der Waals surface area contributed by atoms with E-state index in [2.05, 4.69) is 26.1 Å². The first kappa shape index (κ1) is 12.0. The zero-order valence-corrected chi connectivity index (χ0v) is 10.0. The lowest BCUT2D eigenvalue weighted by molar-refractivity contribution is 0.323. The fourth-order valence-corrected chi connectivity index (χ4v) is 1.96. The first-order chi connectivity index (χ1) is 6.54. The maximum Gasteiger partial charge on any atom is 0.00148 e. The molecule has 1 fully saturated rings. The van der Waals surface area contributed by atoms with Crippen molar-refractivity contribution < 1.29 is 0 Å². The van der Waals surface area contributed by atoms with E-state index in [-0.39, 0.29) is 5.41 Å². The largest absolute Gasteiger partial charge is 0.330 e. The Hall–Kier alpha value is -0.0800. The average molecular weight is 198 g/mol. The van der Waals surface area contributed by atoms with Crippen molar-refractivity contribution >= 4 is 0 Å². The lowest BCUT2D eigenvalue weighted by Gasteiger charge is -2.24. The maximum atomic E-state index is 5.69. The van der Waals surface area contributed by atoms with Crippen molar-refractivity contribution in [2.45, 2.75) is 46.5 Å². The van der Waals surface area contributed by atoms with Gasteiger partial charge >= 0.3 is 0 Å². The van der Waals surface area contributed by atoms with Crippen molar-refractivity contribution in [2.75, 3.05) is 19.6 Å². The quantitative estimate of drug-likeness (QED) is 0.658. The van der Waals surface area contributed by atoms with E-state index >= 15 is 0 Å². The third kappa shape index (κ3) is 3.58. The second kappa shape index (κ2) is 4.63. The van der Waals surface area contributed by atoms with Crippen LogP contribution in [-0.4, -0.2) is 19.6 Å². The topological polar surface area (TPSA) is 38.0 Å². The molecule has 0 bridgehead atoms. The van der Waals surface area contributed by atoms with Crippen molar-refractivity contribution in [2.24, 2.45) is 16.6 Å². The fourth-order valence-electron chi connectivity index (χ4n) is 1.96. The predicted octanol–water partition coefficient (Wildman–Crippen LogP) is 2.14. The van der Waals surface area contributed by atoms with Gasteiger partial charge in [-0.1, -0.05) is 27.2 Å². The van der Waals surface area contributed by atoms with Gasteiger partial charge in [0, 0.05) is 13.1 Å². The molecular formula is C12H26N2. The highest BCUT2D eigenvalue weighted by atomic mass is 14.9. The van der Waals surface area contributed by atoms with E-state index in [4.69, 9.17) is 5.73 Å². The van der Waals surface area contributed by atoms with Crippen LogP contribution in [0.1, 0.15) is 46.5 Å². The van der Waals surface area contributed by atoms with Gasteiger partial charge in [0.25, 0.3) is 0 Å². The lowest BCUT2D eigenvalue weighted by atomic mass is 9.93. The lowest BCUT2D eigenvalue weighted by Crippen LogP contribution is -2.37. The Balaban J connectivity index is 2.15. The van der Waals surface area contributed by atoms with Gasteiger partial charge in [0.05, 0.1) is 0 Å². The summed E-state index contributed by atoms with van der Waals surface area (Å²) in [6.45, 7) is 9.74. The van der Waals surface area contributed by atoms with Gasteiger partial charge in [-0.05, 0) is 36.6 Å². The molecule has 1 rings (SSSR count). The van der Waals surface area contributed by atoms with Gasteiger partial charge in [-0.2, -0.15) is 0 Å². The van der Waals surface area contributed by atoms with E-state index in [9.17, 15) is 0 Å². The van der Waals surface area contributed by atoms with Gasteiger partial charge in [0.2, 0.25) is 0 Å². The third-order valence-electron chi connectivity index (χ3n) is 3.39. The molecular weight excluding hydrogens is 172 g/mol. The molecule has 0 unspecified atom stereocenters. The predicted molar refractivity (Wildman–Crippen MR) is 62.3 cm³/mol. The maximum absolute atomic E-state index is 5.69. The van der Waals surface area contributed by atoms with Crippen molar-refractivity contribution in [3.8, 4) is 0 Å².